The van der Waals surface area contributed by atoms with Gasteiger partial charge in [-0.15, -0.1) is 0 Å². The molecule has 1 fully saturated rings. The summed E-state index contributed by atoms with van der Waals surface area (Å²) in [5, 5.41) is 29.7. The number of aliphatic hydroxyl groups is 2. The van der Waals surface area contributed by atoms with E-state index in [1.54, 1.807) is 28.9 Å². The van der Waals surface area contributed by atoms with Gasteiger partial charge in [0.15, 0.2) is 5.65 Å². The Labute approximate surface area is 166 Å². The van der Waals surface area contributed by atoms with Crippen molar-refractivity contribution < 1.29 is 14.6 Å². The second kappa shape index (κ2) is 6.79. The second-order valence-corrected chi connectivity index (χ2v) is 7.72. The third-order valence-corrected chi connectivity index (χ3v) is 5.81. The first kappa shape index (κ1) is 18.0. The summed E-state index contributed by atoms with van der Waals surface area (Å²) in [6.45, 7) is 1.92. The first-order chi connectivity index (χ1) is 14.0. The zero-order chi connectivity index (χ0) is 20.1. The van der Waals surface area contributed by atoms with Crippen molar-refractivity contribution >= 4 is 22.2 Å². The molecule has 4 aromatic rings. The van der Waals surface area contributed by atoms with E-state index >= 15 is 0 Å². The van der Waals surface area contributed by atoms with Crippen molar-refractivity contribution in [2.24, 2.45) is 5.92 Å². The molecule has 0 amide bonds. The van der Waals surface area contributed by atoms with Crippen LogP contribution in [0.5, 0.6) is 0 Å². The van der Waals surface area contributed by atoms with Crippen LogP contribution in [-0.4, -0.2) is 43.1 Å². The molecule has 6 nitrogen and oxygen atoms in total. The van der Waals surface area contributed by atoms with Crippen LogP contribution in [-0.2, 0) is 0 Å². The molecular weight excluding hydrogens is 371 g/mol. The Bertz CT molecular complexity index is 1210. The summed E-state index contributed by atoms with van der Waals surface area (Å²) in [5.41, 5.74) is 2.14. The lowest BCUT2D eigenvalue weighted by molar-refractivity contribution is 0.0210. The average Bonchev–Trinajstić information content (AvgIpc) is 3.26. The second-order valence-electron chi connectivity index (χ2n) is 7.72. The number of hydrogen-bond acceptors (Lipinski definition) is 5. The van der Waals surface area contributed by atoms with Gasteiger partial charge in [0.1, 0.15) is 17.7 Å². The van der Waals surface area contributed by atoms with E-state index in [9.17, 15) is 14.6 Å². The number of nitrogens with one attached hydrogen (secondary N) is 1. The van der Waals surface area contributed by atoms with E-state index in [0.29, 0.717) is 29.0 Å². The van der Waals surface area contributed by atoms with Crippen LogP contribution in [0.3, 0.4) is 0 Å². The molecule has 2 aromatic heterocycles. The summed E-state index contributed by atoms with van der Waals surface area (Å²) in [6, 6.07) is 13.9. The van der Waals surface area contributed by atoms with Gasteiger partial charge >= 0.3 is 0 Å². The van der Waals surface area contributed by atoms with E-state index in [4.69, 9.17) is 5.10 Å². The molecule has 29 heavy (non-hydrogen) atoms. The fraction of sp³-hybridized carbons (Fsp3) is 0.273. The summed E-state index contributed by atoms with van der Waals surface area (Å²) in [7, 11) is 0. The summed E-state index contributed by atoms with van der Waals surface area (Å²) in [4.78, 5) is 4.38. The van der Waals surface area contributed by atoms with Crippen molar-refractivity contribution in [1.82, 2.24) is 14.6 Å². The number of aliphatic hydroxyl groups excluding tert-OH is 2. The van der Waals surface area contributed by atoms with Crippen molar-refractivity contribution in [3.8, 4) is 11.3 Å². The fourth-order valence-corrected chi connectivity index (χ4v) is 4.21. The molecule has 0 saturated heterocycles. The average molecular weight is 392 g/mol. The largest absolute Gasteiger partial charge is 0.390 e. The lowest BCUT2D eigenvalue weighted by Gasteiger charge is -2.19. The molecule has 3 N–H and O–H groups in total. The zero-order valence-corrected chi connectivity index (χ0v) is 15.8. The molecule has 0 unspecified atom stereocenters. The van der Waals surface area contributed by atoms with Gasteiger partial charge in [-0.3, -0.25) is 0 Å². The molecule has 0 radical (unpaired) electrons. The van der Waals surface area contributed by atoms with Crippen LogP contribution >= 0.6 is 0 Å². The van der Waals surface area contributed by atoms with E-state index < -0.39 is 12.2 Å². The highest BCUT2D eigenvalue weighted by molar-refractivity contribution is 5.96. The van der Waals surface area contributed by atoms with Gasteiger partial charge in [-0.05, 0) is 35.9 Å². The van der Waals surface area contributed by atoms with Gasteiger partial charge in [0.25, 0.3) is 0 Å². The van der Waals surface area contributed by atoms with Crippen molar-refractivity contribution in [2.75, 3.05) is 5.32 Å². The van der Waals surface area contributed by atoms with Crippen molar-refractivity contribution in [3.63, 3.8) is 0 Å². The Hall–Kier alpha value is -3.03. The van der Waals surface area contributed by atoms with Gasteiger partial charge in [0.05, 0.1) is 17.8 Å². The van der Waals surface area contributed by atoms with Crippen molar-refractivity contribution in [2.45, 2.75) is 31.6 Å². The van der Waals surface area contributed by atoms with Crippen LogP contribution < -0.4 is 5.32 Å². The number of anilines is 1. The summed E-state index contributed by atoms with van der Waals surface area (Å²) >= 11 is 0. The fourth-order valence-electron chi connectivity index (χ4n) is 4.21. The molecule has 5 rings (SSSR count). The summed E-state index contributed by atoms with van der Waals surface area (Å²) in [5.74, 6) is 0.424. The number of fused-ring (bicyclic) bond motifs is 2. The molecule has 0 bridgehead atoms. The van der Waals surface area contributed by atoms with Crippen LogP contribution in [0.4, 0.5) is 10.2 Å². The van der Waals surface area contributed by atoms with Crippen LogP contribution in [0.15, 0.2) is 54.7 Å². The third kappa shape index (κ3) is 2.94. The first-order valence-electron chi connectivity index (χ1n) is 9.68. The molecule has 1 aliphatic carbocycles. The maximum atomic E-state index is 14.2. The molecule has 148 valence electrons. The van der Waals surface area contributed by atoms with Gasteiger partial charge < -0.3 is 15.5 Å². The Balaban J connectivity index is 1.57. The highest BCUT2D eigenvalue weighted by Crippen LogP contribution is 2.32. The number of benzene rings is 2. The standard InChI is InChI=1S/C22H21FN4O2/c1-12-10-18(22(29)21(12)28)25-19-8-9-24-20-11-17(26-27(19)20)15-6-7-16(23)14-5-3-2-4-13(14)15/h2-9,11-12,18,21-22,25,28-29H,10H2,1H3/t12-,18-,21-,22+/m1/s1. The molecule has 1 saturated carbocycles. The molecule has 7 heteroatoms. The molecule has 0 spiro atoms. The molecule has 2 heterocycles. The van der Waals surface area contributed by atoms with E-state index in [1.807, 2.05) is 31.2 Å². The molecule has 4 atom stereocenters. The van der Waals surface area contributed by atoms with Gasteiger partial charge in [-0.25, -0.2) is 9.37 Å². The Morgan fingerprint density at radius 2 is 1.86 bits per heavy atom. The third-order valence-electron chi connectivity index (χ3n) is 5.81. The zero-order valence-electron chi connectivity index (χ0n) is 15.8. The maximum Gasteiger partial charge on any atom is 0.157 e. The Morgan fingerprint density at radius 3 is 2.62 bits per heavy atom. The van der Waals surface area contributed by atoms with Gasteiger partial charge in [-0.2, -0.15) is 9.61 Å². The Kier molecular flexibility index (Phi) is 4.22. The van der Waals surface area contributed by atoms with Crippen molar-refractivity contribution in [1.29, 1.82) is 0 Å². The monoisotopic (exact) mass is 392 g/mol. The van der Waals surface area contributed by atoms with Gasteiger partial charge in [-0.1, -0.05) is 31.2 Å². The lowest BCUT2D eigenvalue weighted by Crippen LogP contribution is -2.35. The summed E-state index contributed by atoms with van der Waals surface area (Å²) < 4.78 is 15.9. The van der Waals surface area contributed by atoms with E-state index in [-0.39, 0.29) is 17.8 Å². The van der Waals surface area contributed by atoms with Gasteiger partial charge in [0, 0.05) is 23.2 Å². The van der Waals surface area contributed by atoms with Crippen LogP contribution in [0.1, 0.15) is 13.3 Å². The molecule has 1 aliphatic rings. The minimum atomic E-state index is -0.843. The maximum absolute atomic E-state index is 14.2. The number of rotatable bonds is 3. The van der Waals surface area contributed by atoms with Crippen molar-refractivity contribution in [3.05, 3.63) is 60.5 Å². The predicted octanol–water partition coefficient (Wildman–Crippen LogP) is 3.23. The Morgan fingerprint density at radius 1 is 1.07 bits per heavy atom. The smallest absolute Gasteiger partial charge is 0.157 e. The van der Waals surface area contributed by atoms with E-state index in [2.05, 4.69) is 10.3 Å². The van der Waals surface area contributed by atoms with E-state index in [1.165, 1.54) is 6.07 Å². The number of hydrogen-bond donors (Lipinski definition) is 3. The quantitative estimate of drug-likeness (QED) is 0.499. The molecule has 0 aliphatic heterocycles. The normalized spacial score (nSPS) is 24.4. The van der Waals surface area contributed by atoms with Crippen LogP contribution in [0.25, 0.3) is 27.7 Å². The van der Waals surface area contributed by atoms with Crippen LogP contribution in [0.2, 0.25) is 0 Å². The van der Waals surface area contributed by atoms with Crippen LogP contribution in [0, 0.1) is 11.7 Å². The highest BCUT2D eigenvalue weighted by Gasteiger charge is 2.39. The van der Waals surface area contributed by atoms with E-state index in [0.717, 1.165) is 10.9 Å². The summed E-state index contributed by atoms with van der Waals surface area (Å²) in [6.07, 6.45) is 0.739. The minimum absolute atomic E-state index is 0.0126. The lowest BCUT2D eigenvalue weighted by atomic mass is 10.0. The van der Waals surface area contributed by atoms with Gasteiger partial charge in [0.2, 0.25) is 0 Å². The number of nitrogens with zero attached hydrogens (tertiary/aromatic N) is 3. The number of aromatic nitrogens is 3. The first-order valence-corrected chi connectivity index (χ1v) is 9.68. The molecular formula is C22H21FN4O2. The topological polar surface area (TPSA) is 82.7 Å². The molecule has 2 aromatic carbocycles. The highest BCUT2D eigenvalue weighted by atomic mass is 19.1. The predicted molar refractivity (Wildman–Crippen MR) is 109 cm³/mol. The number of halogens is 1. The minimum Gasteiger partial charge on any atom is -0.390 e. The SMILES string of the molecule is C[C@@H]1C[C@@H](Nc2ccnc3cc(-c4ccc(F)c5ccccc45)nn23)[C@H](O)[C@@H]1O.